The van der Waals surface area contributed by atoms with Crippen molar-refractivity contribution in [3.63, 3.8) is 0 Å². The Morgan fingerprint density at radius 1 is 1.08 bits per heavy atom. The molecular formula is C17H18BrF3N2O2. The lowest BCUT2D eigenvalue weighted by Gasteiger charge is -2.31. The number of hydrogen-bond acceptors (Lipinski definition) is 2. The van der Waals surface area contributed by atoms with Gasteiger partial charge < -0.3 is 10.2 Å². The van der Waals surface area contributed by atoms with Crippen LogP contribution < -0.4 is 5.32 Å². The van der Waals surface area contributed by atoms with Crippen LogP contribution in [0.25, 0.3) is 0 Å². The lowest BCUT2D eigenvalue weighted by atomic mass is 9.95. The molecule has 1 N–H and O–H groups in total. The fraction of sp³-hybridized carbons (Fsp3) is 0.529. The molecule has 1 aliphatic heterocycles. The number of piperidine rings is 1. The van der Waals surface area contributed by atoms with Crippen LogP contribution in [0.4, 0.5) is 18.9 Å². The first-order chi connectivity index (χ1) is 11.8. The van der Waals surface area contributed by atoms with E-state index >= 15 is 0 Å². The number of nitrogens with one attached hydrogen (secondary N) is 1. The molecule has 0 unspecified atom stereocenters. The van der Waals surface area contributed by atoms with Gasteiger partial charge in [-0.25, -0.2) is 0 Å². The molecular weight excluding hydrogens is 401 g/mol. The molecule has 3 rings (SSSR count). The molecule has 1 saturated heterocycles. The Hall–Kier alpha value is -1.57. The smallest absolute Gasteiger partial charge is 0.342 e. The van der Waals surface area contributed by atoms with Gasteiger partial charge in [-0.3, -0.25) is 9.59 Å². The maximum absolute atomic E-state index is 12.9. The SMILES string of the molecule is O=C(Nc1ccc(Br)c(C(F)(F)F)c1)C1CCN(C(=O)C2CC2)CC1. The number of rotatable bonds is 3. The Bertz CT molecular complexity index is 681. The van der Waals surface area contributed by atoms with Crippen molar-refractivity contribution in [1.29, 1.82) is 0 Å². The number of carbonyl (C=O) groups is 2. The summed E-state index contributed by atoms with van der Waals surface area (Å²) in [6.07, 6.45) is -1.53. The Balaban J connectivity index is 1.59. The first-order valence-electron chi connectivity index (χ1n) is 8.22. The second-order valence-electron chi connectivity index (χ2n) is 6.56. The van der Waals surface area contributed by atoms with Gasteiger partial charge in [0.05, 0.1) is 5.56 Å². The van der Waals surface area contributed by atoms with E-state index in [9.17, 15) is 22.8 Å². The van der Waals surface area contributed by atoms with E-state index in [2.05, 4.69) is 21.2 Å². The van der Waals surface area contributed by atoms with Crippen molar-refractivity contribution < 1.29 is 22.8 Å². The summed E-state index contributed by atoms with van der Waals surface area (Å²) < 4.78 is 38.7. The van der Waals surface area contributed by atoms with Gasteiger partial charge in [-0.15, -0.1) is 0 Å². The number of hydrogen-bond donors (Lipinski definition) is 1. The van der Waals surface area contributed by atoms with Crippen molar-refractivity contribution in [2.75, 3.05) is 18.4 Å². The fourth-order valence-electron chi connectivity index (χ4n) is 3.02. The van der Waals surface area contributed by atoms with Crippen LogP contribution in [-0.2, 0) is 15.8 Å². The van der Waals surface area contributed by atoms with E-state index in [1.165, 1.54) is 12.1 Å². The van der Waals surface area contributed by atoms with Crippen LogP contribution in [0.2, 0.25) is 0 Å². The second kappa shape index (κ2) is 6.97. The van der Waals surface area contributed by atoms with Gasteiger partial charge in [0.15, 0.2) is 0 Å². The minimum absolute atomic E-state index is 0.0649. The third-order valence-corrected chi connectivity index (χ3v) is 5.33. The minimum Gasteiger partial charge on any atom is -0.342 e. The second-order valence-corrected chi connectivity index (χ2v) is 7.41. The molecule has 4 nitrogen and oxygen atoms in total. The summed E-state index contributed by atoms with van der Waals surface area (Å²) in [4.78, 5) is 26.1. The molecule has 1 aromatic rings. The zero-order chi connectivity index (χ0) is 18.2. The molecule has 0 radical (unpaired) electrons. The first-order valence-corrected chi connectivity index (χ1v) is 9.01. The van der Waals surface area contributed by atoms with Gasteiger partial charge in [0.1, 0.15) is 0 Å². The molecule has 0 aromatic heterocycles. The summed E-state index contributed by atoms with van der Waals surface area (Å²) in [7, 11) is 0. The zero-order valence-corrected chi connectivity index (χ0v) is 15.0. The summed E-state index contributed by atoms with van der Waals surface area (Å²) >= 11 is 2.88. The molecule has 1 aromatic carbocycles. The van der Waals surface area contributed by atoms with Gasteiger partial charge in [0.2, 0.25) is 11.8 Å². The quantitative estimate of drug-likeness (QED) is 0.804. The number of benzene rings is 1. The van der Waals surface area contributed by atoms with Crippen molar-refractivity contribution in [3.05, 3.63) is 28.2 Å². The summed E-state index contributed by atoms with van der Waals surface area (Å²) in [6, 6.07) is 3.63. The van der Waals surface area contributed by atoms with Crippen molar-refractivity contribution in [1.82, 2.24) is 4.90 Å². The maximum atomic E-state index is 12.9. The van der Waals surface area contributed by atoms with E-state index in [0.717, 1.165) is 18.9 Å². The molecule has 0 spiro atoms. The molecule has 25 heavy (non-hydrogen) atoms. The number of alkyl halides is 3. The van der Waals surface area contributed by atoms with Crippen LogP contribution in [0.3, 0.4) is 0 Å². The number of likely N-dealkylation sites (tertiary alicyclic amines) is 1. The third kappa shape index (κ3) is 4.34. The van der Waals surface area contributed by atoms with Gasteiger partial charge in [-0.2, -0.15) is 13.2 Å². The average Bonchev–Trinajstić information content (AvgIpc) is 3.40. The normalized spacial score (nSPS) is 19.0. The molecule has 2 fully saturated rings. The standard InChI is InChI=1S/C17H18BrF3N2O2/c18-14-4-3-12(9-13(14)17(19,20)21)22-15(24)10-5-7-23(8-6-10)16(25)11-1-2-11/h3-4,9-11H,1-2,5-8H2,(H,22,24). The van der Waals surface area contributed by atoms with Crippen LogP contribution in [0.1, 0.15) is 31.2 Å². The lowest BCUT2D eigenvalue weighted by molar-refractivity contribution is -0.138. The van der Waals surface area contributed by atoms with Crippen molar-refractivity contribution in [2.45, 2.75) is 31.9 Å². The van der Waals surface area contributed by atoms with E-state index < -0.39 is 11.7 Å². The summed E-state index contributed by atoms with van der Waals surface area (Å²) in [5.41, 5.74) is -0.702. The van der Waals surface area contributed by atoms with Crippen molar-refractivity contribution >= 4 is 33.4 Å². The molecule has 0 atom stereocenters. The van der Waals surface area contributed by atoms with Gasteiger partial charge in [0.25, 0.3) is 0 Å². The molecule has 0 bridgehead atoms. The minimum atomic E-state index is -4.49. The number of carbonyl (C=O) groups excluding carboxylic acids is 2. The molecule has 1 heterocycles. The van der Waals surface area contributed by atoms with E-state index in [1.54, 1.807) is 4.90 Å². The van der Waals surface area contributed by atoms with Gasteiger partial charge in [0, 0.05) is 35.1 Å². The zero-order valence-electron chi connectivity index (χ0n) is 13.4. The average molecular weight is 419 g/mol. The van der Waals surface area contributed by atoms with E-state index in [-0.39, 0.29) is 33.8 Å². The van der Waals surface area contributed by atoms with Crippen LogP contribution in [0.15, 0.2) is 22.7 Å². The van der Waals surface area contributed by atoms with Crippen molar-refractivity contribution in [3.8, 4) is 0 Å². The number of nitrogens with zero attached hydrogens (tertiary/aromatic N) is 1. The molecule has 136 valence electrons. The number of halogens is 4. The summed E-state index contributed by atoms with van der Waals surface area (Å²) in [6.45, 7) is 1.06. The van der Waals surface area contributed by atoms with Crippen LogP contribution in [0.5, 0.6) is 0 Å². The Kier molecular flexibility index (Phi) is 5.09. The topological polar surface area (TPSA) is 49.4 Å². The fourth-order valence-corrected chi connectivity index (χ4v) is 3.49. The predicted octanol–water partition coefficient (Wildman–Crippen LogP) is 4.06. The molecule has 8 heteroatoms. The summed E-state index contributed by atoms with van der Waals surface area (Å²) in [5, 5.41) is 2.57. The third-order valence-electron chi connectivity index (χ3n) is 4.64. The Morgan fingerprint density at radius 3 is 2.28 bits per heavy atom. The summed E-state index contributed by atoms with van der Waals surface area (Å²) in [5.74, 6) is -0.259. The highest BCUT2D eigenvalue weighted by atomic mass is 79.9. The monoisotopic (exact) mass is 418 g/mol. The van der Waals surface area contributed by atoms with Gasteiger partial charge in [-0.1, -0.05) is 15.9 Å². The number of amides is 2. The van der Waals surface area contributed by atoms with Crippen LogP contribution >= 0.6 is 15.9 Å². The number of anilines is 1. The van der Waals surface area contributed by atoms with Crippen LogP contribution in [-0.4, -0.2) is 29.8 Å². The molecule has 1 aliphatic carbocycles. The first kappa shape index (κ1) is 18.2. The molecule has 1 saturated carbocycles. The van der Waals surface area contributed by atoms with Crippen LogP contribution in [0, 0.1) is 11.8 Å². The van der Waals surface area contributed by atoms with E-state index in [4.69, 9.17) is 0 Å². The molecule has 2 aliphatic rings. The maximum Gasteiger partial charge on any atom is 0.417 e. The molecule has 2 amide bonds. The highest BCUT2D eigenvalue weighted by molar-refractivity contribution is 9.10. The van der Waals surface area contributed by atoms with E-state index in [0.29, 0.717) is 25.9 Å². The van der Waals surface area contributed by atoms with Crippen molar-refractivity contribution in [2.24, 2.45) is 11.8 Å². The Labute approximate surface area is 151 Å². The van der Waals surface area contributed by atoms with Gasteiger partial charge in [-0.05, 0) is 43.9 Å². The predicted molar refractivity (Wildman–Crippen MR) is 89.8 cm³/mol. The largest absolute Gasteiger partial charge is 0.417 e. The highest BCUT2D eigenvalue weighted by Crippen LogP contribution is 2.36. The highest BCUT2D eigenvalue weighted by Gasteiger charge is 2.36. The Morgan fingerprint density at radius 2 is 1.72 bits per heavy atom. The van der Waals surface area contributed by atoms with E-state index in [1.807, 2.05) is 0 Å². The van der Waals surface area contributed by atoms with Gasteiger partial charge >= 0.3 is 6.18 Å². The lowest BCUT2D eigenvalue weighted by Crippen LogP contribution is -2.42.